The van der Waals surface area contributed by atoms with Gasteiger partial charge >= 0.3 is 18.5 Å². The van der Waals surface area contributed by atoms with Gasteiger partial charge in [0.05, 0.1) is 0 Å². The van der Waals surface area contributed by atoms with Crippen LogP contribution in [0.15, 0.2) is 0 Å². The molecule has 11 heavy (non-hydrogen) atoms. The molecule has 0 rings (SSSR count). The van der Waals surface area contributed by atoms with Crippen LogP contribution in [-0.4, -0.2) is 23.7 Å². The van der Waals surface area contributed by atoms with Gasteiger partial charge < -0.3 is 0 Å². The molecule has 0 aliphatic rings. The molecule has 0 fully saturated rings. The third kappa shape index (κ3) is 1.74. The van der Waals surface area contributed by atoms with Crippen LogP contribution in [0.25, 0.3) is 0 Å². The number of alkyl halides is 6. The van der Waals surface area contributed by atoms with E-state index in [9.17, 15) is 26.3 Å². The summed E-state index contributed by atoms with van der Waals surface area (Å²) in [5.41, 5.74) is 0. The molecule has 0 heterocycles. The Kier molecular flexibility index (Phi) is 2.73. The average Bonchev–Trinajstić information content (AvgIpc) is 1.87. The molecule has 0 spiro atoms. The zero-order valence-electron chi connectivity index (χ0n) is 4.70. The summed E-state index contributed by atoms with van der Waals surface area (Å²) in [6, 6.07) is 0. The summed E-state index contributed by atoms with van der Waals surface area (Å²) < 4.78 is 68.2. The molecule has 0 bridgehead atoms. The van der Waals surface area contributed by atoms with Gasteiger partial charge in [-0.05, 0) is 0 Å². The molecule has 0 aliphatic heterocycles. The molecule has 8 heteroatoms. The molecule has 0 aromatic rings. The van der Waals surface area contributed by atoms with Crippen molar-refractivity contribution in [1.29, 1.82) is 0 Å². The first-order chi connectivity index (χ1) is 4.75. The molecule has 0 aliphatic carbocycles. The highest BCUT2D eigenvalue weighted by atomic mass is 19.3. The van der Waals surface area contributed by atoms with Crippen molar-refractivity contribution < 1.29 is 36.5 Å². The Labute approximate surface area is 56.3 Å². The molecule has 0 aromatic heterocycles. The lowest BCUT2D eigenvalue weighted by Gasteiger charge is -2.21. The first-order valence-electron chi connectivity index (χ1n) is 2.12. The van der Waals surface area contributed by atoms with Crippen LogP contribution in [0.2, 0.25) is 0 Å². The maximum absolute atomic E-state index is 11.5. The molecule has 68 valence electrons. The monoisotopic (exact) mass is 184 g/mol. The highest BCUT2D eigenvalue weighted by Gasteiger charge is 2.65. The molecule has 0 radical (unpaired) electrons. The van der Waals surface area contributed by atoms with Crippen molar-refractivity contribution in [3.05, 3.63) is 0 Å². The Morgan fingerprint density at radius 1 is 1.09 bits per heavy atom. The predicted molar refractivity (Wildman–Crippen MR) is 19.6 cm³/mol. The Bertz CT molecular complexity index is 134. The highest BCUT2D eigenvalue weighted by molar-refractivity contribution is 4.78. The Balaban J connectivity index is 4.53. The second-order valence-electron chi connectivity index (χ2n) is 1.53. The third-order valence-electron chi connectivity index (χ3n) is 0.777. The average molecular weight is 184 g/mol. The van der Waals surface area contributed by atoms with E-state index in [1.54, 1.807) is 0 Å². The van der Waals surface area contributed by atoms with Gasteiger partial charge in [0.2, 0.25) is 0 Å². The van der Waals surface area contributed by atoms with Crippen molar-refractivity contribution in [1.82, 2.24) is 0 Å². The summed E-state index contributed by atoms with van der Waals surface area (Å²) in [6.07, 6.45) is -10.2. The van der Waals surface area contributed by atoms with Crippen LogP contribution in [0.3, 0.4) is 0 Å². The van der Waals surface area contributed by atoms with E-state index in [2.05, 4.69) is 0 Å². The van der Waals surface area contributed by atoms with E-state index in [1.165, 1.54) is 0 Å². The molecule has 0 aromatic carbocycles. The topological polar surface area (TPSA) is 29.5 Å². The van der Waals surface area contributed by atoms with Gasteiger partial charge in [0.25, 0.3) is 0 Å². The molecule has 2 nitrogen and oxygen atoms in total. The van der Waals surface area contributed by atoms with Crippen molar-refractivity contribution in [2.45, 2.75) is 18.5 Å². The van der Waals surface area contributed by atoms with Gasteiger partial charge in [0.1, 0.15) is 0 Å². The zero-order chi connectivity index (χ0) is 9.28. The third-order valence-corrected chi connectivity index (χ3v) is 0.777. The van der Waals surface area contributed by atoms with Crippen molar-refractivity contribution in [3.8, 4) is 0 Å². The van der Waals surface area contributed by atoms with Crippen LogP contribution in [0.5, 0.6) is 0 Å². The zero-order valence-corrected chi connectivity index (χ0v) is 4.70. The Morgan fingerprint density at radius 2 is 1.45 bits per heavy atom. The second-order valence-corrected chi connectivity index (χ2v) is 1.53. The molecular formula is C3H2F6O2. The molecule has 0 amide bonds. The summed E-state index contributed by atoms with van der Waals surface area (Å²) >= 11 is 0. The predicted octanol–water partition coefficient (Wildman–Crippen LogP) is 1.97. The fraction of sp³-hybridized carbons (Fsp3) is 1.00. The molecule has 0 atom stereocenters. The maximum atomic E-state index is 11.5. The Morgan fingerprint density at radius 3 is 1.55 bits per heavy atom. The van der Waals surface area contributed by atoms with Crippen LogP contribution in [0.1, 0.15) is 0 Å². The fourth-order valence-corrected chi connectivity index (χ4v) is 0.188. The van der Waals surface area contributed by atoms with Gasteiger partial charge in [0, 0.05) is 0 Å². The second kappa shape index (κ2) is 2.86. The summed E-state index contributed by atoms with van der Waals surface area (Å²) in [6.45, 7) is 0. The van der Waals surface area contributed by atoms with Gasteiger partial charge in [-0.3, -0.25) is 0 Å². The first-order valence-corrected chi connectivity index (χ1v) is 2.12. The largest absolute Gasteiger partial charge is 0.451 e. The van der Waals surface area contributed by atoms with Crippen molar-refractivity contribution in [2.75, 3.05) is 0 Å². The number of hydrogen-bond acceptors (Lipinski definition) is 2. The van der Waals surface area contributed by atoms with Gasteiger partial charge in [-0.15, -0.1) is 0 Å². The normalized spacial score (nSPS) is 14.2. The van der Waals surface area contributed by atoms with E-state index in [0.717, 1.165) is 0 Å². The SMILES string of the molecule is OOC(F)(F)C(F)(F)C(F)F. The standard InChI is InChI=1S/C3H2F6O2/c4-1(5)2(6,7)3(8,9)11-10/h1,10H. The minimum absolute atomic E-state index is 1.90. The van der Waals surface area contributed by atoms with Crippen LogP contribution in [0, 0.1) is 0 Å². The molecule has 0 unspecified atom stereocenters. The van der Waals surface area contributed by atoms with Crippen molar-refractivity contribution >= 4 is 0 Å². The summed E-state index contributed by atoms with van der Waals surface area (Å²) in [5.74, 6) is -5.69. The summed E-state index contributed by atoms with van der Waals surface area (Å²) in [4.78, 5) is 1.90. The Hall–Kier alpha value is -0.500. The lowest BCUT2D eigenvalue weighted by molar-refractivity contribution is -0.478. The smallest absolute Gasteiger partial charge is 0.246 e. The summed E-state index contributed by atoms with van der Waals surface area (Å²) in [5, 5.41) is 7.12. The van der Waals surface area contributed by atoms with Crippen LogP contribution in [0.4, 0.5) is 26.3 Å². The van der Waals surface area contributed by atoms with Gasteiger partial charge in [-0.2, -0.15) is 22.4 Å². The van der Waals surface area contributed by atoms with E-state index < -0.39 is 18.5 Å². The minimum Gasteiger partial charge on any atom is -0.246 e. The van der Waals surface area contributed by atoms with Gasteiger partial charge in [-0.25, -0.2) is 14.0 Å². The molecule has 0 saturated carbocycles. The van der Waals surface area contributed by atoms with E-state index >= 15 is 0 Å². The first kappa shape index (κ1) is 10.5. The molecular weight excluding hydrogens is 182 g/mol. The molecule has 0 saturated heterocycles. The minimum atomic E-state index is -5.69. The lowest BCUT2D eigenvalue weighted by Crippen LogP contribution is -2.47. The number of rotatable bonds is 3. The highest BCUT2D eigenvalue weighted by Crippen LogP contribution is 2.39. The number of hydrogen-bond donors (Lipinski definition) is 1. The van der Waals surface area contributed by atoms with E-state index in [-0.39, 0.29) is 0 Å². The van der Waals surface area contributed by atoms with E-state index in [1.807, 2.05) is 4.89 Å². The van der Waals surface area contributed by atoms with Gasteiger partial charge in [0.15, 0.2) is 0 Å². The lowest BCUT2D eigenvalue weighted by atomic mass is 10.3. The number of halogens is 6. The quantitative estimate of drug-likeness (QED) is 0.412. The molecule has 1 N–H and O–H groups in total. The van der Waals surface area contributed by atoms with Crippen molar-refractivity contribution in [2.24, 2.45) is 0 Å². The van der Waals surface area contributed by atoms with Crippen LogP contribution in [-0.2, 0) is 4.89 Å². The maximum Gasteiger partial charge on any atom is 0.451 e. The van der Waals surface area contributed by atoms with Crippen LogP contribution >= 0.6 is 0 Å². The van der Waals surface area contributed by atoms with E-state index in [0.29, 0.717) is 0 Å². The van der Waals surface area contributed by atoms with E-state index in [4.69, 9.17) is 5.26 Å². The summed E-state index contributed by atoms with van der Waals surface area (Å²) in [7, 11) is 0. The van der Waals surface area contributed by atoms with Crippen LogP contribution < -0.4 is 0 Å². The van der Waals surface area contributed by atoms with Gasteiger partial charge in [-0.1, -0.05) is 0 Å². The van der Waals surface area contributed by atoms with Crippen molar-refractivity contribution in [3.63, 3.8) is 0 Å². The fourth-order valence-electron chi connectivity index (χ4n) is 0.188.